The molecule has 0 aliphatic heterocycles. The number of benzene rings is 1. The van der Waals surface area contributed by atoms with E-state index in [1.165, 1.54) is 0 Å². The Kier molecular flexibility index (Phi) is 6.29. The molecular formula is C6H2ClKN2O7S. The Morgan fingerprint density at radius 3 is 1.94 bits per heavy atom. The summed E-state index contributed by atoms with van der Waals surface area (Å²) < 4.78 is 32.2. The molecule has 1 aromatic rings. The van der Waals surface area contributed by atoms with Crippen LogP contribution in [-0.2, 0) is 10.1 Å². The average Bonchev–Trinajstić information content (AvgIpc) is 2.13. The summed E-state index contributed by atoms with van der Waals surface area (Å²) in [5, 5.41) is 20.0. The zero-order valence-electron chi connectivity index (χ0n) is 8.69. The minimum atomic E-state index is -5.20. The first-order chi connectivity index (χ1) is 7.64. The van der Waals surface area contributed by atoms with Gasteiger partial charge in [-0.3, -0.25) is 20.2 Å². The van der Waals surface area contributed by atoms with E-state index < -0.39 is 41.3 Å². The van der Waals surface area contributed by atoms with Crippen LogP contribution in [-0.4, -0.2) is 22.8 Å². The number of nitro groups is 2. The molecule has 0 aliphatic carbocycles. The van der Waals surface area contributed by atoms with Crippen LogP contribution in [0.5, 0.6) is 0 Å². The smallest absolute Gasteiger partial charge is 0.744 e. The summed E-state index contributed by atoms with van der Waals surface area (Å²) in [5.41, 5.74) is -2.01. The van der Waals surface area contributed by atoms with Gasteiger partial charge in [-0.15, -0.1) is 0 Å². The van der Waals surface area contributed by atoms with Gasteiger partial charge in [-0.2, -0.15) is 0 Å². The fourth-order valence-electron chi connectivity index (χ4n) is 1.05. The van der Waals surface area contributed by atoms with Gasteiger partial charge in [0, 0.05) is 6.07 Å². The first-order valence-corrected chi connectivity index (χ1v) is 5.51. The van der Waals surface area contributed by atoms with E-state index >= 15 is 0 Å². The van der Waals surface area contributed by atoms with Crippen molar-refractivity contribution in [3.8, 4) is 0 Å². The Bertz CT molecular complexity index is 617. The summed E-state index contributed by atoms with van der Waals surface area (Å²) in [6, 6.07) is 0.913. The van der Waals surface area contributed by atoms with Gasteiger partial charge >= 0.3 is 51.4 Å². The molecule has 0 aliphatic rings. The second-order valence-corrected chi connectivity index (χ2v) is 4.47. The number of nitrogens with zero attached hydrogens (tertiary/aromatic N) is 2. The average molecular weight is 321 g/mol. The minimum absolute atomic E-state index is 0. The van der Waals surface area contributed by atoms with Crippen LogP contribution in [0.3, 0.4) is 0 Å². The van der Waals surface area contributed by atoms with Crippen LogP contribution in [0, 0.1) is 20.2 Å². The van der Waals surface area contributed by atoms with Gasteiger partial charge in [-0.05, 0) is 0 Å². The van der Waals surface area contributed by atoms with E-state index in [-0.39, 0.29) is 51.4 Å². The molecule has 0 N–H and O–H groups in total. The van der Waals surface area contributed by atoms with Crippen LogP contribution in [0.15, 0.2) is 17.0 Å². The zero-order valence-corrected chi connectivity index (χ0v) is 13.4. The molecule has 0 spiro atoms. The third-order valence-electron chi connectivity index (χ3n) is 1.67. The first kappa shape index (κ1) is 17.9. The van der Waals surface area contributed by atoms with E-state index in [1.54, 1.807) is 0 Å². The fourth-order valence-corrected chi connectivity index (χ4v) is 2.23. The van der Waals surface area contributed by atoms with Gasteiger partial charge in [0.15, 0.2) is 4.90 Å². The predicted octanol–water partition coefficient (Wildman–Crippen LogP) is -1.94. The van der Waals surface area contributed by atoms with Crippen LogP contribution in [0.2, 0.25) is 5.02 Å². The monoisotopic (exact) mass is 320 g/mol. The van der Waals surface area contributed by atoms with E-state index in [9.17, 15) is 33.2 Å². The van der Waals surface area contributed by atoms with Crippen LogP contribution in [0.1, 0.15) is 0 Å². The molecule has 0 fully saturated rings. The normalized spacial score (nSPS) is 10.6. The van der Waals surface area contributed by atoms with E-state index in [0.717, 1.165) is 0 Å². The maximum Gasteiger partial charge on any atom is 1.00 e. The molecule has 18 heavy (non-hydrogen) atoms. The van der Waals surface area contributed by atoms with Crippen LogP contribution in [0.25, 0.3) is 0 Å². The quantitative estimate of drug-likeness (QED) is 0.273. The molecule has 92 valence electrons. The second kappa shape index (κ2) is 6.34. The summed E-state index contributed by atoms with van der Waals surface area (Å²) >= 11 is 5.32. The van der Waals surface area contributed by atoms with E-state index in [0.29, 0.717) is 12.1 Å². The summed E-state index contributed by atoms with van der Waals surface area (Å²) in [7, 11) is -5.20. The molecule has 0 bridgehead atoms. The Morgan fingerprint density at radius 1 is 1.11 bits per heavy atom. The van der Waals surface area contributed by atoms with Crippen LogP contribution < -0.4 is 51.4 Å². The summed E-state index contributed by atoms with van der Waals surface area (Å²) in [4.78, 5) is 17.4. The summed E-state index contributed by atoms with van der Waals surface area (Å²) in [5.74, 6) is 0. The molecule has 12 heteroatoms. The molecule has 9 nitrogen and oxygen atoms in total. The molecule has 0 amide bonds. The summed E-state index contributed by atoms with van der Waals surface area (Å²) in [6.07, 6.45) is 0. The Morgan fingerprint density at radius 2 is 1.61 bits per heavy atom. The first-order valence-electron chi connectivity index (χ1n) is 3.73. The van der Waals surface area contributed by atoms with Crippen molar-refractivity contribution < 1.29 is 74.2 Å². The molecular weight excluding hydrogens is 319 g/mol. The third kappa shape index (κ3) is 3.93. The SMILES string of the molecule is O=[N+]([O-])c1cc(Cl)c(S(=O)(=O)[O-])c([N+](=O)[O-])c1.[K+]. The second-order valence-electron chi connectivity index (χ2n) is 2.74. The number of hydrogen-bond donors (Lipinski definition) is 0. The number of nitro benzene ring substituents is 2. The maximum absolute atomic E-state index is 10.7. The summed E-state index contributed by atoms with van der Waals surface area (Å²) in [6.45, 7) is 0. The van der Waals surface area contributed by atoms with Crippen molar-refractivity contribution in [3.63, 3.8) is 0 Å². The third-order valence-corrected chi connectivity index (χ3v) is 3.01. The molecule has 1 rings (SSSR count). The van der Waals surface area contributed by atoms with Crippen molar-refractivity contribution in [2.75, 3.05) is 0 Å². The zero-order chi connectivity index (χ0) is 13.4. The molecule has 0 aromatic heterocycles. The fraction of sp³-hybridized carbons (Fsp3) is 0. The van der Waals surface area contributed by atoms with Crippen LogP contribution >= 0.6 is 11.6 Å². The number of non-ortho nitro benzene ring substituents is 1. The van der Waals surface area contributed by atoms with Crippen molar-refractivity contribution >= 4 is 33.1 Å². The van der Waals surface area contributed by atoms with E-state index in [1.807, 2.05) is 0 Å². The van der Waals surface area contributed by atoms with E-state index in [4.69, 9.17) is 11.6 Å². The van der Waals surface area contributed by atoms with Gasteiger partial charge in [0.25, 0.3) is 11.4 Å². The van der Waals surface area contributed by atoms with Crippen molar-refractivity contribution in [1.29, 1.82) is 0 Å². The van der Waals surface area contributed by atoms with Gasteiger partial charge in [0.05, 0.1) is 20.9 Å². The predicted molar refractivity (Wildman–Crippen MR) is 52.7 cm³/mol. The van der Waals surface area contributed by atoms with Crippen molar-refractivity contribution in [1.82, 2.24) is 0 Å². The Balaban J connectivity index is 0.00000289. The van der Waals surface area contributed by atoms with Gasteiger partial charge in [0.2, 0.25) is 0 Å². The molecule has 0 atom stereocenters. The molecule has 0 heterocycles. The standard InChI is InChI=1S/C6H3ClN2O7S.K/c7-4-1-3(8(10)11)2-5(9(12)13)6(4)17(14,15)16;/h1-2H,(H,14,15,16);/q;+1/p-1. The van der Waals surface area contributed by atoms with Crippen LogP contribution in [0.4, 0.5) is 11.4 Å². The molecule has 0 saturated carbocycles. The Hall–Kier alpha value is -0.144. The molecule has 0 saturated heterocycles. The largest absolute Gasteiger partial charge is 1.00 e. The molecule has 1 aromatic carbocycles. The van der Waals surface area contributed by atoms with Crippen molar-refractivity contribution in [2.24, 2.45) is 0 Å². The van der Waals surface area contributed by atoms with E-state index in [2.05, 4.69) is 0 Å². The maximum atomic E-state index is 10.7. The van der Waals surface area contributed by atoms with Gasteiger partial charge in [-0.1, -0.05) is 11.6 Å². The van der Waals surface area contributed by atoms with Crippen molar-refractivity contribution in [2.45, 2.75) is 4.90 Å². The minimum Gasteiger partial charge on any atom is -0.744 e. The van der Waals surface area contributed by atoms with Crippen molar-refractivity contribution in [3.05, 3.63) is 37.4 Å². The number of hydrogen-bond acceptors (Lipinski definition) is 7. The number of halogens is 1. The van der Waals surface area contributed by atoms with Gasteiger partial charge < -0.3 is 4.55 Å². The topological polar surface area (TPSA) is 143 Å². The molecule has 0 unspecified atom stereocenters. The van der Waals surface area contributed by atoms with Gasteiger partial charge in [-0.25, -0.2) is 8.42 Å². The van der Waals surface area contributed by atoms with Gasteiger partial charge in [0.1, 0.15) is 10.1 Å². The Labute approximate surface area is 148 Å². The number of rotatable bonds is 3. The molecule has 0 radical (unpaired) electrons.